The highest BCUT2D eigenvalue weighted by atomic mass is 32.1. The molecule has 0 spiro atoms. The maximum absolute atomic E-state index is 13.2. The van der Waals surface area contributed by atoms with E-state index in [-0.39, 0.29) is 30.1 Å². The van der Waals surface area contributed by atoms with E-state index in [0.29, 0.717) is 35.6 Å². The van der Waals surface area contributed by atoms with Crippen LogP contribution in [0.4, 0.5) is 4.79 Å². The summed E-state index contributed by atoms with van der Waals surface area (Å²) < 4.78 is 11.2. The molecule has 1 saturated heterocycles. The first kappa shape index (κ1) is 27.5. The zero-order valence-corrected chi connectivity index (χ0v) is 23.3. The molecule has 4 heterocycles. The van der Waals surface area contributed by atoms with E-state index in [0.717, 1.165) is 23.4 Å². The van der Waals surface area contributed by atoms with E-state index in [1.165, 1.54) is 11.3 Å². The number of hydrogen-bond donors (Lipinski definition) is 1. The summed E-state index contributed by atoms with van der Waals surface area (Å²) in [6, 6.07) is 5.30. The van der Waals surface area contributed by atoms with Crippen molar-refractivity contribution in [2.24, 2.45) is 5.92 Å². The standard InChI is InChI=1S/C28H34N4O5S/c1-17(2)23-21(26(34)36-15-18-8-12-32(13-9-18)27(35)37-28(3,4)5)14-20(24(33)31-23)22-16-38-25(30-22)19-6-10-29-11-7-19/h6-7,10-11,14,16-18H,8-9,12-13,15H2,1-5H3,(H,31,33). The minimum Gasteiger partial charge on any atom is -0.462 e. The smallest absolute Gasteiger partial charge is 0.410 e. The Balaban J connectivity index is 1.45. The van der Waals surface area contributed by atoms with Crippen LogP contribution in [0.5, 0.6) is 0 Å². The molecule has 9 nitrogen and oxygen atoms in total. The van der Waals surface area contributed by atoms with Gasteiger partial charge in [-0.2, -0.15) is 0 Å². The molecule has 3 aromatic rings. The predicted molar refractivity (Wildman–Crippen MR) is 146 cm³/mol. The largest absolute Gasteiger partial charge is 0.462 e. The van der Waals surface area contributed by atoms with Gasteiger partial charge in [0.25, 0.3) is 5.56 Å². The monoisotopic (exact) mass is 538 g/mol. The molecule has 1 fully saturated rings. The summed E-state index contributed by atoms with van der Waals surface area (Å²) in [5, 5.41) is 2.57. The fourth-order valence-corrected chi connectivity index (χ4v) is 5.09. The third-order valence-corrected chi connectivity index (χ3v) is 7.18. The number of likely N-dealkylation sites (tertiary alicyclic amines) is 1. The zero-order chi connectivity index (χ0) is 27.4. The van der Waals surface area contributed by atoms with Crippen LogP contribution < -0.4 is 5.56 Å². The molecule has 4 rings (SSSR count). The summed E-state index contributed by atoms with van der Waals surface area (Å²) in [6.45, 7) is 10.7. The molecule has 1 amide bonds. The van der Waals surface area contributed by atoms with E-state index >= 15 is 0 Å². The number of carbonyl (C=O) groups is 2. The van der Waals surface area contributed by atoms with Crippen LogP contribution in [0.1, 0.15) is 69.4 Å². The minimum absolute atomic E-state index is 0.0841. The number of aromatic nitrogens is 3. The van der Waals surface area contributed by atoms with Crippen molar-refractivity contribution in [3.05, 3.63) is 57.6 Å². The lowest BCUT2D eigenvalue weighted by atomic mass is 9.98. The topological polar surface area (TPSA) is 114 Å². The van der Waals surface area contributed by atoms with E-state index in [1.807, 2.05) is 52.1 Å². The lowest BCUT2D eigenvalue weighted by molar-refractivity contribution is 0.0115. The molecule has 202 valence electrons. The van der Waals surface area contributed by atoms with Gasteiger partial charge >= 0.3 is 12.1 Å². The number of rotatable bonds is 6. The summed E-state index contributed by atoms with van der Waals surface area (Å²) in [5.74, 6) is -0.423. The highest BCUT2D eigenvalue weighted by Crippen LogP contribution is 2.29. The van der Waals surface area contributed by atoms with Crippen molar-refractivity contribution < 1.29 is 19.1 Å². The Labute approximate surface area is 226 Å². The number of pyridine rings is 2. The van der Waals surface area contributed by atoms with E-state index in [4.69, 9.17) is 9.47 Å². The summed E-state index contributed by atoms with van der Waals surface area (Å²) in [5.41, 5.74) is 1.76. The van der Waals surface area contributed by atoms with Gasteiger partial charge in [-0.3, -0.25) is 9.78 Å². The first-order valence-corrected chi connectivity index (χ1v) is 13.7. The normalized spacial score (nSPS) is 14.5. The van der Waals surface area contributed by atoms with Crippen molar-refractivity contribution in [3.8, 4) is 21.8 Å². The number of esters is 1. The number of aromatic amines is 1. The highest BCUT2D eigenvalue weighted by molar-refractivity contribution is 7.13. The second kappa shape index (κ2) is 11.5. The van der Waals surface area contributed by atoms with Gasteiger partial charge in [0.15, 0.2) is 0 Å². The van der Waals surface area contributed by atoms with Crippen molar-refractivity contribution in [1.29, 1.82) is 0 Å². The molecule has 10 heteroatoms. The van der Waals surface area contributed by atoms with Crippen LogP contribution >= 0.6 is 11.3 Å². The molecular weight excluding hydrogens is 504 g/mol. The molecular formula is C28H34N4O5S. The molecule has 0 unspecified atom stereocenters. The second-order valence-electron chi connectivity index (χ2n) is 10.8. The van der Waals surface area contributed by atoms with E-state index < -0.39 is 11.6 Å². The van der Waals surface area contributed by atoms with Crippen LogP contribution in [0.15, 0.2) is 40.8 Å². The highest BCUT2D eigenvalue weighted by Gasteiger charge is 2.28. The van der Waals surface area contributed by atoms with Gasteiger partial charge in [-0.05, 0) is 63.6 Å². The average molecular weight is 539 g/mol. The van der Waals surface area contributed by atoms with Gasteiger partial charge in [-0.15, -0.1) is 11.3 Å². The molecule has 3 aromatic heterocycles. The van der Waals surface area contributed by atoms with Crippen molar-refractivity contribution in [1.82, 2.24) is 19.9 Å². The van der Waals surface area contributed by atoms with Gasteiger partial charge in [0.2, 0.25) is 0 Å². The Bertz CT molecular complexity index is 1340. The summed E-state index contributed by atoms with van der Waals surface area (Å²) >= 11 is 1.42. The number of piperidine rings is 1. The molecule has 1 aliphatic rings. The molecule has 0 bridgehead atoms. The van der Waals surface area contributed by atoms with Gasteiger partial charge in [0.1, 0.15) is 10.6 Å². The van der Waals surface area contributed by atoms with Crippen molar-refractivity contribution >= 4 is 23.4 Å². The van der Waals surface area contributed by atoms with Crippen LogP contribution in [0.25, 0.3) is 21.8 Å². The number of nitrogens with one attached hydrogen (secondary N) is 1. The number of thiazole rings is 1. The first-order valence-electron chi connectivity index (χ1n) is 12.8. The van der Waals surface area contributed by atoms with Crippen molar-refractivity contribution in [2.45, 2.75) is 59.0 Å². The Morgan fingerprint density at radius 3 is 2.50 bits per heavy atom. The first-order chi connectivity index (χ1) is 18.0. The third kappa shape index (κ3) is 6.66. The number of amides is 1. The molecule has 0 atom stereocenters. The van der Waals surface area contributed by atoms with Crippen LogP contribution in [0.2, 0.25) is 0 Å². The fourth-order valence-electron chi connectivity index (χ4n) is 4.26. The van der Waals surface area contributed by atoms with Gasteiger partial charge in [0.05, 0.1) is 23.4 Å². The minimum atomic E-state index is -0.535. The molecule has 0 saturated carbocycles. The molecule has 1 N–H and O–H groups in total. The number of carbonyl (C=O) groups excluding carboxylic acids is 2. The third-order valence-electron chi connectivity index (χ3n) is 6.29. The quantitative estimate of drug-likeness (QED) is 0.413. The van der Waals surface area contributed by atoms with Gasteiger partial charge < -0.3 is 19.4 Å². The predicted octanol–water partition coefficient (Wildman–Crippen LogP) is 5.49. The summed E-state index contributed by atoms with van der Waals surface area (Å²) in [6.07, 6.45) is 4.50. The fraction of sp³-hybridized carbons (Fsp3) is 0.464. The van der Waals surface area contributed by atoms with Gasteiger partial charge in [-0.1, -0.05) is 13.8 Å². The lowest BCUT2D eigenvalue weighted by Crippen LogP contribution is -2.42. The van der Waals surface area contributed by atoms with Crippen LogP contribution in [0, 0.1) is 5.92 Å². The van der Waals surface area contributed by atoms with Crippen LogP contribution in [0.3, 0.4) is 0 Å². The molecule has 0 aliphatic carbocycles. The Morgan fingerprint density at radius 2 is 1.87 bits per heavy atom. The Hall–Kier alpha value is -3.53. The Kier molecular flexibility index (Phi) is 8.30. The van der Waals surface area contributed by atoms with Gasteiger partial charge in [0, 0.05) is 42.1 Å². The second-order valence-corrected chi connectivity index (χ2v) is 11.6. The SMILES string of the molecule is CC(C)c1[nH]c(=O)c(-c2csc(-c3ccncc3)n2)cc1C(=O)OCC1CCN(C(=O)OC(C)(C)C)CC1. The number of hydrogen-bond acceptors (Lipinski definition) is 8. The summed E-state index contributed by atoms with van der Waals surface area (Å²) in [4.78, 5) is 51.7. The molecule has 38 heavy (non-hydrogen) atoms. The Morgan fingerprint density at radius 1 is 1.18 bits per heavy atom. The van der Waals surface area contributed by atoms with Crippen LogP contribution in [-0.4, -0.2) is 57.2 Å². The maximum atomic E-state index is 13.2. The summed E-state index contributed by atoms with van der Waals surface area (Å²) in [7, 11) is 0. The van der Waals surface area contributed by atoms with E-state index in [1.54, 1.807) is 23.4 Å². The van der Waals surface area contributed by atoms with Crippen molar-refractivity contribution in [2.75, 3.05) is 19.7 Å². The average Bonchev–Trinajstić information content (AvgIpc) is 3.37. The lowest BCUT2D eigenvalue weighted by Gasteiger charge is -2.33. The molecule has 0 radical (unpaired) electrons. The number of nitrogens with zero attached hydrogens (tertiary/aromatic N) is 3. The molecule has 0 aromatic carbocycles. The van der Waals surface area contributed by atoms with E-state index in [9.17, 15) is 14.4 Å². The van der Waals surface area contributed by atoms with Crippen molar-refractivity contribution in [3.63, 3.8) is 0 Å². The van der Waals surface area contributed by atoms with E-state index in [2.05, 4.69) is 15.0 Å². The number of H-pyrrole nitrogens is 1. The van der Waals surface area contributed by atoms with Crippen LogP contribution in [-0.2, 0) is 9.47 Å². The van der Waals surface area contributed by atoms with Gasteiger partial charge in [-0.25, -0.2) is 14.6 Å². The maximum Gasteiger partial charge on any atom is 0.410 e. The zero-order valence-electron chi connectivity index (χ0n) is 22.4. The molecule has 1 aliphatic heterocycles. The number of ether oxygens (including phenoxy) is 2.